The van der Waals surface area contributed by atoms with E-state index in [9.17, 15) is 0 Å². The van der Waals surface area contributed by atoms with Gasteiger partial charge in [-0.15, -0.1) is 0 Å². The van der Waals surface area contributed by atoms with Gasteiger partial charge in [0.1, 0.15) is 5.75 Å². The molecule has 1 fully saturated rings. The van der Waals surface area contributed by atoms with Crippen molar-refractivity contribution in [1.82, 2.24) is 5.32 Å². The average Bonchev–Trinajstić information content (AvgIpc) is 2.54. The molecule has 23 heavy (non-hydrogen) atoms. The third-order valence-corrected chi connectivity index (χ3v) is 6.56. The number of fused-ring (bicyclic) bond motifs is 1. The molecule has 4 rings (SSSR count). The summed E-state index contributed by atoms with van der Waals surface area (Å²) in [7, 11) is 1.79. The van der Waals surface area contributed by atoms with Crippen LogP contribution < -0.4 is 10.1 Å². The number of methoxy groups -OCH3 is 1. The predicted octanol–water partition coefficient (Wildman–Crippen LogP) is 4.72. The van der Waals surface area contributed by atoms with E-state index in [4.69, 9.17) is 4.74 Å². The van der Waals surface area contributed by atoms with Gasteiger partial charge in [0, 0.05) is 6.04 Å². The lowest BCUT2D eigenvalue weighted by Crippen LogP contribution is -2.50. The van der Waals surface area contributed by atoms with Gasteiger partial charge in [-0.25, -0.2) is 0 Å². The highest BCUT2D eigenvalue weighted by Crippen LogP contribution is 2.58. The number of ether oxygens (including phenoxy) is 1. The van der Waals surface area contributed by atoms with Gasteiger partial charge in [-0.2, -0.15) is 0 Å². The van der Waals surface area contributed by atoms with Crippen LogP contribution in [0.5, 0.6) is 5.75 Å². The molecule has 124 valence electrons. The monoisotopic (exact) mass is 311 g/mol. The summed E-state index contributed by atoms with van der Waals surface area (Å²) in [5.41, 5.74) is 4.76. The fourth-order valence-electron chi connectivity index (χ4n) is 5.19. The highest BCUT2D eigenvalue weighted by atomic mass is 16.5. The van der Waals surface area contributed by atoms with Crippen molar-refractivity contribution in [2.24, 2.45) is 11.3 Å². The second-order valence-electron chi connectivity index (χ2n) is 7.71. The molecule has 0 saturated heterocycles. The third-order valence-electron chi connectivity index (χ3n) is 6.56. The molecule has 1 aromatic rings. The molecule has 0 bridgehead atoms. The van der Waals surface area contributed by atoms with E-state index >= 15 is 0 Å². The van der Waals surface area contributed by atoms with Gasteiger partial charge < -0.3 is 10.1 Å². The van der Waals surface area contributed by atoms with E-state index in [2.05, 4.69) is 36.5 Å². The molecular weight excluding hydrogens is 282 g/mol. The number of allylic oxidation sites excluding steroid dienone is 2. The van der Waals surface area contributed by atoms with Crippen LogP contribution in [0.2, 0.25) is 0 Å². The first-order chi connectivity index (χ1) is 11.2. The largest absolute Gasteiger partial charge is 0.496 e. The Morgan fingerprint density at radius 2 is 2.09 bits per heavy atom. The van der Waals surface area contributed by atoms with E-state index in [0.717, 1.165) is 24.6 Å². The molecule has 2 aliphatic carbocycles. The zero-order chi connectivity index (χ0) is 15.9. The van der Waals surface area contributed by atoms with Gasteiger partial charge in [-0.05, 0) is 86.1 Å². The van der Waals surface area contributed by atoms with Crippen LogP contribution in [0.15, 0.2) is 24.3 Å². The van der Waals surface area contributed by atoms with Crippen molar-refractivity contribution in [2.75, 3.05) is 13.7 Å². The van der Waals surface area contributed by atoms with Crippen LogP contribution in [0, 0.1) is 18.3 Å². The first kappa shape index (κ1) is 15.3. The van der Waals surface area contributed by atoms with Gasteiger partial charge in [0.2, 0.25) is 0 Å². The minimum Gasteiger partial charge on any atom is -0.496 e. The van der Waals surface area contributed by atoms with E-state index in [-0.39, 0.29) is 0 Å². The zero-order valence-electron chi connectivity index (χ0n) is 14.5. The molecule has 0 spiro atoms. The Bertz CT molecular complexity index is 615. The maximum absolute atomic E-state index is 5.63. The molecule has 2 heteroatoms. The summed E-state index contributed by atoms with van der Waals surface area (Å²) in [5.74, 6) is 1.80. The number of rotatable bonds is 3. The number of aryl methyl sites for hydroxylation is 1. The number of nitrogens with one attached hydrogen (secondary N) is 1. The Hall–Kier alpha value is -1.28. The summed E-state index contributed by atoms with van der Waals surface area (Å²) in [5, 5.41) is 3.90. The van der Waals surface area contributed by atoms with E-state index in [1.54, 1.807) is 7.11 Å². The van der Waals surface area contributed by atoms with Gasteiger partial charge in [0.25, 0.3) is 0 Å². The predicted molar refractivity (Wildman–Crippen MR) is 94.9 cm³/mol. The van der Waals surface area contributed by atoms with Crippen molar-refractivity contribution in [1.29, 1.82) is 0 Å². The summed E-state index contributed by atoms with van der Waals surface area (Å²) >= 11 is 0. The first-order valence-electron chi connectivity index (χ1n) is 9.32. The van der Waals surface area contributed by atoms with Crippen molar-refractivity contribution in [3.63, 3.8) is 0 Å². The Balaban J connectivity index is 1.75. The van der Waals surface area contributed by atoms with Crippen LogP contribution >= 0.6 is 0 Å². The lowest BCUT2D eigenvalue weighted by Gasteiger charge is -2.54. The molecule has 2 nitrogen and oxygen atoms in total. The molecule has 3 aliphatic rings. The molecule has 0 amide bonds. The van der Waals surface area contributed by atoms with Crippen molar-refractivity contribution < 1.29 is 4.74 Å². The molecule has 2 atom stereocenters. The van der Waals surface area contributed by atoms with Gasteiger partial charge in [0.05, 0.1) is 7.11 Å². The Morgan fingerprint density at radius 3 is 2.74 bits per heavy atom. The Labute approximate surface area is 140 Å². The molecule has 1 aromatic carbocycles. The summed E-state index contributed by atoms with van der Waals surface area (Å²) in [4.78, 5) is 0. The standard InChI is InChI=1S/C21H29NO/c1-15-13-16-9-12-22-20(18(16)14-19(15)23-2)21(10-6-11-21)17-7-4-3-5-8-17/h4,7,13-14,17,20,22H,3,5-6,8-12H2,1-2H3. The summed E-state index contributed by atoms with van der Waals surface area (Å²) < 4.78 is 5.63. The quantitative estimate of drug-likeness (QED) is 0.816. The maximum atomic E-state index is 5.63. The Kier molecular flexibility index (Phi) is 3.96. The zero-order valence-corrected chi connectivity index (χ0v) is 14.5. The SMILES string of the molecule is COc1cc2c(cc1C)CCNC2C1(C2C=CCCC2)CCC1. The lowest BCUT2D eigenvalue weighted by atomic mass is 9.53. The summed E-state index contributed by atoms with van der Waals surface area (Å²) in [6.45, 7) is 3.28. The number of benzene rings is 1. The van der Waals surface area contributed by atoms with Crippen LogP contribution in [-0.4, -0.2) is 13.7 Å². The lowest BCUT2D eigenvalue weighted by molar-refractivity contribution is 0.0150. The fraction of sp³-hybridized carbons (Fsp3) is 0.619. The van der Waals surface area contributed by atoms with Crippen LogP contribution in [0.1, 0.15) is 61.3 Å². The summed E-state index contributed by atoms with van der Waals surface area (Å²) in [6.07, 6.45) is 14.2. The van der Waals surface area contributed by atoms with Crippen LogP contribution in [0.4, 0.5) is 0 Å². The molecule has 0 radical (unpaired) electrons. The maximum Gasteiger partial charge on any atom is 0.122 e. The van der Waals surface area contributed by atoms with Crippen molar-refractivity contribution in [3.05, 3.63) is 41.0 Å². The van der Waals surface area contributed by atoms with E-state index in [1.165, 1.54) is 55.2 Å². The van der Waals surface area contributed by atoms with Gasteiger partial charge in [-0.1, -0.05) is 24.6 Å². The molecule has 0 aromatic heterocycles. The third kappa shape index (κ3) is 2.42. The highest BCUT2D eigenvalue weighted by Gasteiger charge is 2.50. The second kappa shape index (κ2) is 5.98. The van der Waals surface area contributed by atoms with Gasteiger partial charge in [-0.3, -0.25) is 0 Å². The van der Waals surface area contributed by atoms with Crippen LogP contribution in [-0.2, 0) is 6.42 Å². The van der Waals surface area contributed by atoms with E-state index in [0.29, 0.717) is 11.5 Å². The Morgan fingerprint density at radius 1 is 1.22 bits per heavy atom. The van der Waals surface area contributed by atoms with Crippen molar-refractivity contribution >= 4 is 0 Å². The number of hydrogen-bond donors (Lipinski definition) is 1. The van der Waals surface area contributed by atoms with Crippen LogP contribution in [0.3, 0.4) is 0 Å². The van der Waals surface area contributed by atoms with Crippen molar-refractivity contribution in [3.8, 4) is 5.75 Å². The highest BCUT2D eigenvalue weighted by molar-refractivity contribution is 5.46. The van der Waals surface area contributed by atoms with Gasteiger partial charge >= 0.3 is 0 Å². The van der Waals surface area contributed by atoms with Gasteiger partial charge in [0.15, 0.2) is 0 Å². The number of hydrogen-bond acceptors (Lipinski definition) is 2. The molecule has 1 heterocycles. The fourth-order valence-corrected chi connectivity index (χ4v) is 5.19. The van der Waals surface area contributed by atoms with E-state index < -0.39 is 0 Å². The molecule has 1 N–H and O–H groups in total. The average molecular weight is 311 g/mol. The normalized spacial score (nSPS) is 28.8. The van der Waals surface area contributed by atoms with Crippen LogP contribution in [0.25, 0.3) is 0 Å². The molecule has 2 unspecified atom stereocenters. The van der Waals surface area contributed by atoms with Crippen molar-refractivity contribution in [2.45, 2.75) is 57.9 Å². The van der Waals surface area contributed by atoms with E-state index in [1.807, 2.05) is 0 Å². The smallest absolute Gasteiger partial charge is 0.122 e. The second-order valence-corrected chi connectivity index (χ2v) is 7.71. The molecular formula is C21H29NO. The topological polar surface area (TPSA) is 21.3 Å². The minimum atomic E-state index is 0.437. The first-order valence-corrected chi connectivity index (χ1v) is 9.32. The molecule has 1 saturated carbocycles. The summed E-state index contributed by atoms with van der Waals surface area (Å²) in [6, 6.07) is 5.20. The molecule has 1 aliphatic heterocycles. The minimum absolute atomic E-state index is 0.437.